The molecule has 0 aromatic rings. The van der Waals surface area contributed by atoms with Gasteiger partial charge < -0.3 is 18.9 Å². The molecule has 0 amide bonds. The Morgan fingerprint density at radius 2 is 0.722 bits per heavy atom. The van der Waals surface area contributed by atoms with Crippen LogP contribution in [0.4, 0.5) is 0 Å². The lowest BCUT2D eigenvalue weighted by Crippen LogP contribution is -2.42. The third-order valence-corrected chi connectivity index (χ3v) is 2.15. The maximum absolute atomic E-state index is 11.5. The minimum atomic E-state index is -1.76. The van der Waals surface area contributed by atoms with Gasteiger partial charge in [-0.15, -0.1) is 0 Å². The lowest BCUT2D eigenvalue weighted by atomic mass is 9.92. The largest absolute Gasteiger partial charge is 0.468 e. The quantitative estimate of drug-likeness (QED) is 0.349. The summed E-state index contributed by atoms with van der Waals surface area (Å²) in [5, 5.41) is 0. The van der Waals surface area contributed by atoms with E-state index in [-0.39, 0.29) is 0 Å². The van der Waals surface area contributed by atoms with E-state index in [1.54, 1.807) is 0 Å². The number of rotatable bonds is 5. The summed E-state index contributed by atoms with van der Waals surface area (Å²) in [5.41, 5.74) is 0. The van der Waals surface area contributed by atoms with Gasteiger partial charge in [0.2, 0.25) is 0 Å². The van der Waals surface area contributed by atoms with Gasteiger partial charge >= 0.3 is 23.9 Å². The first kappa shape index (κ1) is 15.9. The molecule has 0 aliphatic carbocycles. The van der Waals surface area contributed by atoms with Gasteiger partial charge in [-0.25, -0.2) is 0 Å². The van der Waals surface area contributed by atoms with E-state index in [1.807, 2.05) is 0 Å². The zero-order valence-electron chi connectivity index (χ0n) is 10.4. The van der Waals surface area contributed by atoms with Crippen molar-refractivity contribution in [3.63, 3.8) is 0 Å². The Morgan fingerprint density at radius 3 is 0.833 bits per heavy atom. The number of hydrogen-bond acceptors (Lipinski definition) is 8. The van der Waals surface area contributed by atoms with Crippen molar-refractivity contribution in [1.29, 1.82) is 0 Å². The summed E-state index contributed by atoms with van der Waals surface area (Å²) in [6.07, 6.45) is 0. The first-order valence-corrected chi connectivity index (χ1v) is 4.75. The minimum Gasteiger partial charge on any atom is -0.468 e. The fourth-order valence-corrected chi connectivity index (χ4v) is 1.24. The smallest absolute Gasteiger partial charge is 0.321 e. The Hall–Kier alpha value is -2.12. The number of ether oxygens (including phenoxy) is 4. The molecule has 0 aliphatic rings. The molecular formula is C10H14O8. The second kappa shape index (κ2) is 7.25. The molecule has 0 aromatic heterocycles. The molecule has 18 heavy (non-hydrogen) atoms. The van der Waals surface area contributed by atoms with Crippen LogP contribution in [0, 0.1) is 11.8 Å². The minimum absolute atomic E-state index is 1.00. The SMILES string of the molecule is COC(=O)C(C(=O)OC)C(C(=O)OC)C(=O)OC. The van der Waals surface area contributed by atoms with E-state index in [1.165, 1.54) is 0 Å². The van der Waals surface area contributed by atoms with Gasteiger partial charge in [0.05, 0.1) is 28.4 Å². The van der Waals surface area contributed by atoms with Crippen LogP contribution in [0.1, 0.15) is 0 Å². The van der Waals surface area contributed by atoms with Crippen LogP contribution in [0.5, 0.6) is 0 Å². The molecular weight excluding hydrogens is 248 g/mol. The molecule has 0 spiro atoms. The van der Waals surface area contributed by atoms with Crippen molar-refractivity contribution < 1.29 is 38.1 Å². The summed E-state index contributed by atoms with van der Waals surface area (Å²) in [7, 11) is 4.02. The van der Waals surface area contributed by atoms with Gasteiger partial charge in [0.1, 0.15) is 0 Å². The first-order valence-electron chi connectivity index (χ1n) is 4.75. The molecule has 8 heteroatoms. The predicted molar refractivity (Wildman–Crippen MR) is 55.0 cm³/mol. The molecule has 0 saturated carbocycles. The number of methoxy groups -OCH3 is 4. The monoisotopic (exact) mass is 262 g/mol. The summed E-state index contributed by atoms with van der Waals surface area (Å²) >= 11 is 0. The van der Waals surface area contributed by atoms with E-state index in [0.29, 0.717) is 0 Å². The molecule has 0 aromatic carbocycles. The van der Waals surface area contributed by atoms with Gasteiger partial charge in [-0.3, -0.25) is 19.2 Å². The molecule has 0 rings (SSSR count). The lowest BCUT2D eigenvalue weighted by Gasteiger charge is -2.19. The predicted octanol–water partition coefficient (Wildman–Crippen LogP) is -1.09. The van der Waals surface area contributed by atoms with Crippen LogP contribution in [0.15, 0.2) is 0 Å². The fourth-order valence-electron chi connectivity index (χ4n) is 1.24. The maximum Gasteiger partial charge on any atom is 0.321 e. The van der Waals surface area contributed by atoms with Gasteiger partial charge in [-0.05, 0) is 0 Å². The standard InChI is InChI=1S/C10H14O8/c1-15-7(11)5(8(12)16-2)6(9(13)17-3)10(14)18-4/h5-6H,1-4H3. The zero-order valence-corrected chi connectivity index (χ0v) is 10.4. The summed E-state index contributed by atoms with van der Waals surface area (Å²) in [5.74, 6) is -7.91. The molecule has 0 radical (unpaired) electrons. The molecule has 0 heterocycles. The molecule has 0 N–H and O–H groups in total. The van der Waals surface area contributed by atoms with Crippen LogP contribution in [-0.2, 0) is 38.1 Å². The topological polar surface area (TPSA) is 105 Å². The zero-order chi connectivity index (χ0) is 14.3. The summed E-state index contributed by atoms with van der Waals surface area (Å²) in [4.78, 5) is 45.8. The number of carbonyl (C=O) groups excluding carboxylic acids is 4. The van der Waals surface area contributed by atoms with Crippen molar-refractivity contribution in [2.75, 3.05) is 28.4 Å². The van der Waals surface area contributed by atoms with Gasteiger partial charge in [0.15, 0.2) is 11.8 Å². The van der Waals surface area contributed by atoms with E-state index < -0.39 is 35.7 Å². The van der Waals surface area contributed by atoms with Gasteiger partial charge in [0.25, 0.3) is 0 Å². The van der Waals surface area contributed by atoms with Crippen LogP contribution >= 0.6 is 0 Å². The Labute approximate surface area is 103 Å². The lowest BCUT2D eigenvalue weighted by molar-refractivity contribution is -0.176. The fraction of sp³-hybridized carbons (Fsp3) is 0.600. The molecule has 8 nitrogen and oxygen atoms in total. The van der Waals surface area contributed by atoms with Crippen molar-refractivity contribution in [2.24, 2.45) is 11.8 Å². The van der Waals surface area contributed by atoms with Crippen LogP contribution in [0.3, 0.4) is 0 Å². The van der Waals surface area contributed by atoms with Crippen molar-refractivity contribution in [1.82, 2.24) is 0 Å². The van der Waals surface area contributed by atoms with Gasteiger partial charge in [-0.1, -0.05) is 0 Å². The van der Waals surface area contributed by atoms with E-state index in [9.17, 15) is 19.2 Å². The van der Waals surface area contributed by atoms with Crippen molar-refractivity contribution in [2.45, 2.75) is 0 Å². The number of hydrogen-bond donors (Lipinski definition) is 0. The Balaban J connectivity index is 5.47. The van der Waals surface area contributed by atoms with Gasteiger partial charge in [-0.2, -0.15) is 0 Å². The van der Waals surface area contributed by atoms with E-state index >= 15 is 0 Å². The highest BCUT2D eigenvalue weighted by Gasteiger charge is 2.47. The van der Waals surface area contributed by atoms with E-state index in [2.05, 4.69) is 18.9 Å². The van der Waals surface area contributed by atoms with Crippen LogP contribution in [-0.4, -0.2) is 52.3 Å². The highest BCUT2D eigenvalue weighted by atomic mass is 16.6. The Bertz CT molecular complexity index is 282. The molecule has 0 aliphatic heterocycles. The molecule has 0 atom stereocenters. The van der Waals surface area contributed by atoms with Crippen molar-refractivity contribution >= 4 is 23.9 Å². The Kier molecular flexibility index (Phi) is 6.40. The molecule has 0 fully saturated rings. The molecule has 0 saturated heterocycles. The van der Waals surface area contributed by atoms with Crippen molar-refractivity contribution in [3.8, 4) is 0 Å². The Morgan fingerprint density at radius 1 is 0.556 bits per heavy atom. The first-order chi connectivity index (χ1) is 8.44. The summed E-state index contributed by atoms with van der Waals surface area (Å²) in [6, 6.07) is 0. The highest BCUT2D eigenvalue weighted by Crippen LogP contribution is 2.19. The number of esters is 4. The van der Waals surface area contributed by atoms with E-state index in [0.717, 1.165) is 28.4 Å². The number of carbonyl (C=O) groups is 4. The third-order valence-electron chi connectivity index (χ3n) is 2.15. The highest BCUT2D eigenvalue weighted by molar-refractivity contribution is 6.07. The second-order valence-corrected chi connectivity index (χ2v) is 3.05. The summed E-state index contributed by atoms with van der Waals surface area (Å²) in [6.45, 7) is 0. The third kappa shape index (κ3) is 3.44. The van der Waals surface area contributed by atoms with Crippen molar-refractivity contribution in [3.05, 3.63) is 0 Å². The average molecular weight is 262 g/mol. The molecule has 0 unspecified atom stereocenters. The summed E-state index contributed by atoms with van der Waals surface area (Å²) < 4.78 is 17.4. The van der Waals surface area contributed by atoms with Crippen LogP contribution < -0.4 is 0 Å². The average Bonchev–Trinajstić information content (AvgIpc) is 2.41. The molecule has 0 bridgehead atoms. The van der Waals surface area contributed by atoms with Gasteiger partial charge in [0, 0.05) is 0 Å². The normalized spacial score (nSPS) is 9.89. The van der Waals surface area contributed by atoms with E-state index in [4.69, 9.17) is 0 Å². The van der Waals surface area contributed by atoms with Crippen LogP contribution in [0.2, 0.25) is 0 Å². The maximum atomic E-state index is 11.5. The molecule has 102 valence electrons. The van der Waals surface area contributed by atoms with Crippen LogP contribution in [0.25, 0.3) is 0 Å². The second-order valence-electron chi connectivity index (χ2n) is 3.05.